The standard InChI is InChI=1S/C19H29NO3/c21-18(19-10-13-7-14(11-19)9-15(8-13)12-19)20-4-2-1-3-16(20)17-22-5-6-23-17/h13-17H,1-12H2. The molecule has 0 aromatic rings. The van der Waals surface area contributed by atoms with Crippen LogP contribution in [0.3, 0.4) is 0 Å². The van der Waals surface area contributed by atoms with Gasteiger partial charge in [-0.25, -0.2) is 0 Å². The van der Waals surface area contributed by atoms with Crippen molar-refractivity contribution in [2.45, 2.75) is 70.1 Å². The second-order valence-corrected chi connectivity index (χ2v) is 8.87. The van der Waals surface area contributed by atoms with Gasteiger partial charge in [-0.15, -0.1) is 0 Å². The van der Waals surface area contributed by atoms with Crippen molar-refractivity contribution < 1.29 is 14.3 Å². The first-order valence-electron chi connectivity index (χ1n) is 9.78. The highest BCUT2D eigenvalue weighted by atomic mass is 16.7. The molecule has 0 radical (unpaired) electrons. The predicted molar refractivity (Wildman–Crippen MR) is 85.6 cm³/mol. The molecule has 2 heterocycles. The molecule has 4 saturated carbocycles. The molecule has 0 spiro atoms. The Bertz CT molecular complexity index is 450. The molecule has 128 valence electrons. The average Bonchev–Trinajstić information content (AvgIpc) is 3.07. The summed E-state index contributed by atoms with van der Waals surface area (Å²) in [5.74, 6) is 2.94. The molecule has 4 aliphatic carbocycles. The summed E-state index contributed by atoms with van der Waals surface area (Å²) in [6, 6.07) is 0.159. The van der Waals surface area contributed by atoms with E-state index in [0.29, 0.717) is 19.1 Å². The van der Waals surface area contributed by atoms with Gasteiger partial charge in [-0.3, -0.25) is 4.79 Å². The van der Waals surface area contributed by atoms with Crippen LogP contribution >= 0.6 is 0 Å². The molecule has 0 aromatic carbocycles. The molecule has 6 rings (SSSR count). The Balaban J connectivity index is 1.40. The van der Waals surface area contributed by atoms with E-state index in [0.717, 1.165) is 56.4 Å². The van der Waals surface area contributed by atoms with E-state index in [1.807, 2.05) is 0 Å². The zero-order valence-electron chi connectivity index (χ0n) is 14.0. The predicted octanol–water partition coefficient (Wildman–Crippen LogP) is 2.96. The van der Waals surface area contributed by atoms with Crippen LogP contribution < -0.4 is 0 Å². The zero-order chi connectivity index (χ0) is 15.4. The molecule has 4 heteroatoms. The van der Waals surface area contributed by atoms with Crippen molar-refractivity contribution >= 4 is 5.91 Å². The molecule has 6 fully saturated rings. The van der Waals surface area contributed by atoms with Gasteiger partial charge in [0.2, 0.25) is 5.91 Å². The van der Waals surface area contributed by atoms with Crippen LogP contribution in [-0.4, -0.2) is 42.9 Å². The second-order valence-electron chi connectivity index (χ2n) is 8.87. The molecule has 2 saturated heterocycles. The lowest BCUT2D eigenvalue weighted by Crippen LogP contribution is -2.59. The topological polar surface area (TPSA) is 38.8 Å². The molecule has 4 nitrogen and oxygen atoms in total. The summed E-state index contributed by atoms with van der Waals surface area (Å²) in [7, 11) is 0. The number of likely N-dealkylation sites (tertiary alicyclic amines) is 1. The lowest BCUT2D eigenvalue weighted by atomic mass is 9.49. The normalized spacial score (nSPS) is 46.5. The van der Waals surface area contributed by atoms with Crippen LogP contribution in [0.1, 0.15) is 57.8 Å². The number of hydrogen-bond donors (Lipinski definition) is 0. The van der Waals surface area contributed by atoms with Gasteiger partial charge in [0.25, 0.3) is 0 Å². The van der Waals surface area contributed by atoms with E-state index in [-0.39, 0.29) is 17.7 Å². The van der Waals surface area contributed by atoms with Crippen molar-refractivity contribution in [3.63, 3.8) is 0 Å². The van der Waals surface area contributed by atoms with E-state index in [1.165, 1.54) is 25.7 Å². The highest BCUT2D eigenvalue weighted by Gasteiger charge is 2.56. The van der Waals surface area contributed by atoms with E-state index >= 15 is 0 Å². The maximum atomic E-state index is 13.6. The number of rotatable bonds is 2. The van der Waals surface area contributed by atoms with Crippen molar-refractivity contribution in [2.24, 2.45) is 23.2 Å². The number of amides is 1. The summed E-state index contributed by atoms with van der Waals surface area (Å²) in [6.07, 6.45) is 10.9. The molecular formula is C19H29NO3. The number of ether oxygens (including phenoxy) is 2. The molecule has 0 aromatic heterocycles. The summed E-state index contributed by atoms with van der Waals surface area (Å²) < 4.78 is 11.6. The van der Waals surface area contributed by atoms with Crippen LogP contribution in [0, 0.1) is 23.2 Å². The second kappa shape index (κ2) is 5.45. The number of nitrogens with zero attached hydrogens (tertiary/aromatic N) is 1. The maximum Gasteiger partial charge on any atom is 0.229 e. The molecule has 1 unspecified atom stereocenters. The van der Waals surface area contributed by atoms with Crippen molar-refractivity contribution in [1.29, 1.82) is 0 Å². The van der Waals surface area contributed by atoms with Crippen molar-refractivity contribution in [3.8, 4) is 0 Å². The van der Waals surface area contributed by atoms with E-state index in [4.69, 9.17) is 9.47 Å². The molecule has 1 amide bonds. The van der Waals surface area contributed by atoms with Gasteiger partial charge in [-0.05, 0) is 75.5 Å². The Hall–Kier alpha value is -0.610. The molecular weight excluding hydrogens is 290 g/mol. The smallest absolute Gasteiger partial charge is 0.229 e. The lowest BCUT2D eigenvalue weighted by Gasteiger charge is -2.57. The maximum absolute atomic E-state index is 13.6. The van der Waals surface area contributed by atoms with Crippen LogP contribution in [0.15, 0.2) is 0 Å². The molecule has 23 heavy (non-hydrogen) atoms. The third-order valence-electron chi connectivity index (χ3n) is 7.26. The molecule has 4 bridgehead atoms. The largest absolute Gasteiger partial charge is 0.348 e. The van der Waals surface area contributed by atoms with Gasteiger partial charge in [0.1, 0.15) is 0 Å². The van der Waals surface area contributed by atoms with Gasteiger partial charge in [-0.2, -0.15) is 0 Å². The number of piperidine rings is 1. The third-order valence-corrected chi connectivity index (χ3v) is 7.26. The number of hydrogen-bond acceptors (Lipinski definition) is 3. The number of carbonyl (C=O) groups is 1. The van der Waals surface area contributed by atoms with Crippen LogP contribution in [0.5, 0.6) is 0 Å². The highest BCUT2D eigenvalue weighted by Crippen LogP contribution is 2.60. The minimum absolute atomic E-state index is 0.0249. The molecule has 1 atom stereocenters. The third kappa shape index (κ3) is 2.36. The molecule has 2 aliphatic heterocycles. The van der Waals surface area contributed by atoms with Crippen molar-refractivity contribution in [1.82, 2.24) is 4.90 Å². The van der Waals surface area contributed by atoms with Gasteiger partial charge >= 0.3 is 0 Å². The first-order chi connectivity index (χ1) is 11.2. The van der Waals surface area contributed by atoms with Crippen molar-refractivity contribution in [2.75, 3.05) is 19.8 Å². The Kier molecular flexibility index (Phi) is 3.49. The Morgan fingerprint density at radius 1 is 0.913 bits per heavy atom. The van der Waals surface area contributed by atoms with E-state index in [9.17, 15) is 4.79 Å². The fraction of sp³-hybridized carbons (Fsp3) is 0.947. The minimum atomic E-state index is -0.173. The van der Waals surface area contributed by atoms with Gasteiger partial charge in [0.15, 0.2) is 6.29 Å². The highest BCUT2D eigenvalue weighted by molar-refractivity contribution is 5.83. The van der Waals surface area contributed by atoms with Crippen LogP contribution in [0.2, 0.25) is 0 Å². The Morgan fingerprint density at radius 2 is 1.52 bits per heavy atom. The SMILES string of the molecule is O=C(N1CCCCC1C1OCCO1)C12CC3CC(CC(C3)C1)C2. The Labute approximate surface area is 138 Å². The fourth-order valence-electron chi connectivity index (χ4n) is 6.77. The van der Waals surface area contributed by atoms with Crippen molar-refractivity contribution in [3.05, 3.63) is 0 Å². The van der Waals surface area contributed by atoms with E-state index in [1.54, 1.807) is 0 Å². The summed E-state index contributed by atoms with van der Waals surface area (Å²) in [4.78, 5) is 15.8. The summed E-state index contributed by atoms with van der Waals surface area (Å²) >= 11 is 0. The minimum Gasteiger partial charge on any atom is -0.348 e. The first-order valence-corrected chi connectivity index (χ1v) is 9.78. The lowest BCUT2D eigenvalue weighted by molar-refractivity contribution is -0.173. The fourth-order valence-corrected chi connectivity index (χ4v) is 6.77. The van der Waals surface area contributed by atoms with Gasteiger partial charge < -0.3 is 14.4 Å². The van der Waals surface area contributed by atoms with Gasteiger partial charge in [-0.1, -0.05) is 0 Å². The summed E-state index contributed by atoms with van der Waals surface area (Å²) in [6.45, 7) is 2.27. The molecule has 0 N–H and O–H groups in total. The van der Waals surface area contributed by atoms with Gasteiger partial charge in [0, 0.05) is 6.54 Å². The van der Waals surface area contributed by atoms with Crippen LogP contribution in [-0.2, 0) is 14.3 Å². The molecule has 6 aliphatic rings. The van der Waals surface area contributed by atoms with Crippen LogP contribution in [0.4, 0.5) is 0 Å². The average molecular weight is 319 g/mol. The van der Waals surface area contributed by atoms with Crippen LogP contribution in [0.25, 0.3) is 0 Å². The summed E-state index contributed by atoms with van der Waals surface area (Å²) in [5, 5.41) is 0. The van der Waals surface area contributed by atoms with Gasteiger partial charge in [0.05, 0.1) is 24.7 Å². The first kappa shape index (κ1) is 14.7. The zero-order valence-corrected chi connectivity index (χ0v) is 14.0. The summed E-state index contributed by atoms with van der Waals surface area (Å²) in [5.41, 5.74) is -0.0249. The number of carbonyl (C=O) groups excluding carboxylic acids is 1. The van der Waals surface area contributed by atoms with E-state index < -0.39 is 0 Å². The Morgan fingerprint density at radius 3 is 2.13 bits per heavy atom. The van der Waals surface area contributed by atoms with E-state index in [2.05, 4.69) is 4.90 Å². The quantitative estimate of drug-likeness (QED) is 0.785. The monoisotopic (exact) mass is 319 g/mol.